The summed E-state index contributed by atoms with van der Waals surface area (Å²) >= 11 is 0. The second-order valence-electron chi connectivity index (χ2n) is 17.2. The van der Waals surface area contributed by atoms with Crippen LogP contribution >= 0.6 is 0 Å². The van der Waals surface area contributed by atoms with Crippen LogP contribution in [0.15, 0.2) is 0 Å². The normalized spacial score (nSPS) is 15.9. The molecule has 32 heavy (non-hydrogen) atoms. The lowest BCUT2D eigenvalue weighted by Gasteiger charge is -2.58. The highest BCUT2D eigenvalue weighted by Gasteiger charge is 2.61. The molecule has 0 aliphatic heterocycles. The Morgan fingerprint density at radius 3 is 0.531 bits per heavy atom. The van der Waals surface area contributed by atoms with Gasteiger partial charge in [0.1, 0.15) is 0 Å². The minimum atomic E-state index is -1.14. The maximum absolute atomic E-state index is 2.77. The van der Waals surface area contributed by atoms with E-state index in [1.54, 1.807) is 24.9 Å². The molecule has 0 atom stereocenters. The maximum Gasteiger partial charge on any atom is 0.0374 e. The largest absolute Gasteiger partial charge is 0.0718 e. The molecule has 0 fully saturated rings. The van der Waals surface area contributed by atoms with E-state index in [-0.39, 0.29) is 0 Å². The van der Waals surface area contributed by atoms with Gasteiger partial charge in [-0.1, -0.05) is 156 Å². The zero-order valence-electron chi connectivity index (χ0n) is 26.2. The summed E-state index contributed by atoms with van der Waals surface area (Å²) in [4.78, 5) is 0. The summed E-state index contributed by atoms with van der Waals surface area (Å²) in [7, 11) is -6.57. The van der Waals surface area contributed by atoms with E-state index in [1.165, 1.54) is 12.8 Å². The molecule has 0 aromatic heterocycles. The van der Waals surface area contributed by atoms with Gasteiger partial charge in [0.25, 0.3) is 0 Å². The zero-order chi connectivity index (χ0) is 26.2. The van der Waals surface area contributed by atoms with Gasteiger partial charge in [0, 0.05) is 58.8 Å². The van der Waals surface area contributed by atoms with Crippen LogP contribution in [0.25, 0.3) is 0 Å². The SMILES string of the molecule is C[Si](C)(C)[Si](CCCCCC[Si]([Si](C)(C)C)([Si](C)(C)C)[Si](C)(C)C)([Si](C)(C)C)[Si](C)(C)C. The molecule has 0 N–H and O–H groups in total. The van der Waals surface area contributed by atoms with Crippen molar-refractivity contribution in [2.24, 2.45) is 0 Å². The molecule has 0 rings (SSSR count). The first-order valence-corrected chi connectivity index (χ1v) is 45.1. The molecule has 0 saturated carbocycles. The van der Waals surface area contributed by atoms with Crippen LogP contribution in [-0.4, -0.2) is 58.8 Å². The van der Waals surface area contributed by atoms with Crippen molar-refractivity contribution in [3.05, 3.63) is 0 Å². The summed E-state index contributed by atoms with van der Waals surface area (Å²) in [5, 5.41) is 0. The van der Waals surface area contributed by atoms with E-state index in [4.69, 9.17) is 0 Å². The first-order chi connectivity index (χ1) is 13.7. The molecular weight excluding hydrogens is 513 g/mol. The molecule has 0 amide bonds. The van der Waals surface area contributed by atoms with Crippen molar-refractivity contribution in [3.8, 4) is 0 Å². The Labute approximate surface area is 213 Å². The number of rotatable bonds is 13. The van der Waals surface area contributed by atoms with E-state index in [1.807, 2.05) is 0 Å². The van der Waals surface area contributed by atoms with Crippen LogP contribution in [0.1, 0.15) is 25.7 Å². The molecule has 0 aromatic rings. The fraction of sp³-hybridized carbons (Fsp3) is 1.00. The van der Waals surface area contributed by atoms with Gasteiger partial charge in [0.15, 0.2) is 0 Å². The van der Waals surface area contributed by atoms with Crippen molar-refractivity contribution >= 4 is 58.8 Å². The summed E-state index contributed by atoms with van der Waals surface area (Å²) in [6.45, 7) is 47.6. The molecule has 0 saturated heterocycles. The van der Waals surface area contributed by atoms with Crippen molar-refractivity contribution in [1.29, 1.82) is 0 Å². The van der Waals surface area contributed by atoms with Gasteiger partial charge in [-0.05, 0) is 0 Å². The molecule has 0 spiro atoms. The lowest BCUT2D eigenvalue weighted by Crippen LogP contribution is -2.82. The quantitative estimate of drug-likeness (QED) is 0.151. The lowest BCUT2D eigenvalue weighted by molar-refractivity contribution is 0.697. The van der Waals surface area contributed by atoms with E-state index < -0.39 is 58.8 Å². The summed E-state index contributed by atoms with van der Waals surface area (Å²) < 4.78 is 0. The first-order valence-electron chi connectivity index (χ1n) is 13.7. The van der Waals surface area contributed by atoms with E-state index in [0.717, 1.165) is 0 Å². The average molecular weight is 579 g/mol. The second kappa shape index (κ2) is 10.6. The Hall–Kier alpha value is 1.74. The van der Waals surface area contributed by atoms with E-state index in [0.29, 0.717) is 0 Å². The third kappa shape index (κ3) is 6.73. The van der Waals surface area contributed by atoms with Gasteiger partial charge < -0.3 is 0 Å². The smallest absolute Gasteiger partial charge is 0.0374 e. The molecule has 0 heterocycles. The molecule has 0 aromatic carbocycles. The Morgan fingerprint density at radius 1 is 0.250 bits per heavy atom. The second-order valence-corrected chi connectivity index (χ2v) is 100. The molecule has 8 heteroatoms. The van der Waals surface area contributed by atoms with Gasteiger partial charge in [-0.2, -0.15) is 0 Å². The Morgan fingerprint density at radius 2 is 0.406 bits per heavy atom. The minimum Gasteiger partial charge on any atom is -0.0718 e. The van der Waals surface area contributed by atoms with E-state index in [2.05, 4.69) is 118 Å². The molecular formula is C24H66Si8. The van der Waals surface area contributed by atoms with Crippen molar-refractivity contribution < 1.29 is 0 Å². The van der Waals surface area contributed by atoms with Crippen molar-refractivity contribution in [1.82, 2.24) is 0 Å². The van der Waals surface area contributed by atoms with Gasteiger partial charge in [-0.3, -0.25) is 0 Å². The summed E-state index contributed by atoms with van der Waals surface area (Å²) in [5.74, 6) is 0. The van der Waals surface area contributed by atoms with Crippen LogP contribution in [0.4, 0.5) is 0 Å². The van der Waals surface area contributed by atoms with Crippen molar-refractivity contribution in [2.75, 3.05) is 0 Å². The fourth-order valence-electron chi connectivity index (χ4n) is 10.1. The Balaban J connectivity index is 5.51. The number of unbranched alkanes of at least 4 members (excludes halogenated alkanes) is 3. The summed E-state index contributed by atoms with van der Waals surface area (Å²) in [6, 6.07) is 3.37. The standard InChI is InChI=1S/C24H66Si8/c1-25(2,3)31(26(4,5)6,27(7,8)9)23-21-19-20-22-24-32(28(10,11)12,29(13,14)15)30(16,17)18/h19-24H2,1-18H3. The number of hydrogen-bond donors (Lipinski definition) is 0. The third-order valence-electron chi connectivity index (χ3n) is 9.54. The van der Waals surface area contributed by atoms with Gasteiger partial charge in [-0.15, -0.1) is 0 Å². The third-order valence-corrected chi connectivity index (χ3v) is 159. The average Bonchev–Trinajstić information content (AvgIpc) is 2.41. The Bertz CT molecular complexity index is 460. The molecule has 0 nitrogen and oxygen atoms in total. The molecule has 0 radical (unpaired) electrons. The van der Waals surface area contributed by atoms with Gasteiger partial charge in [-0.25, -0.2) is 0 Å². The van der Waals surface area contributed by atoms with Gasteiger partial charge in [0.2, 0.25) is 0 Å². The molecule has 0 aliphatic rings. The Kier molecular flexibility index (Phi) is 11.2. The van der Waals surface area contributed by atoms with Crippen LogP contribution in [-0.2, 0) is 0 Å². The van der Waals surface area contributed by atoms with Crippen LogP contribution in [0.2, 0.25) is 130 Å². The summed E-state index contributed by atoms with van der Waals surface area (Å²) in [5.41, 5.74) is 0. The highest BCUT2D eigenvalue weighted by atomic mass is 29.9. The van der Waals surface area contributed by atoms with Crippen molar-refractivity contribution in [3.63, 3.8) is 0 Å². The highest BCUT2D eigenvalue weighted by molar-refractivity contribution is 7.90. The predicted octanol–water partition coefficient (Wildman–Crippen LogP) is 9.94. The molecule has 0 unspecified atom stereocenters. The van der Waals surface area contributed by atoms with Crippen molar-refractivity contribution in [2.45, 2.75) is 156 Å². The van der Waals surface area contributed by atoms with Crippen LogP contribution in [0.3, 0.4) is 0 Å². The van der Waals surface area contributed by atoms with Gasteiger partial charge >= 0.3 is 0 Å². The molecule has 194 valence electrons. The van der Waals surface area contributed by atoms with E-state index in [9.17, 15) is 0 Å². The van der Waals surface area contributed by atoms with Crippen LogP contribution in [0.5, 0.6) is 0 Å². The maximum atomic E-state index is 2.77. The number of hydrogen-bond acceptors (Lipinski definition) is 0. The summed E-state index contributed by atoms with van der Waals surface area (Å²) in [6.07, 6.45) is 6.18. The monoisotopic (exact) mass is 578 g/mol. The van der Waals surface area contributed by atoms with E-state index >= 15 is 0 Å². The minimum absolute atomic E-state index is 1.09. The first kappa shape index (κ1) is 33.7. The topological polar surface area (TPSA) is 0 Å². The fourth-order valence-corrected chi connectivity index (χ4v) is 208. The predicted molar refractivity (Wildman–Crippen MR) is 180 cm³/mol. The van der Waals surface area contributed by atoms with Crippen LogP contribution < -0.4 is 0 Å². The van der Waals surface area contributed by atoms with Gasteiger partial charge in [0.05, 0.1) is 0 Å². The zero-order valence-corrected chi connectivity index (χ0v) is 34.2. The van der Waals surface area contributed by atoms with Crippen LogP contribution in [0, 0.1) is 0 Å². The highest BCUT2D eigenvalue weighted by Crippen LogP contribution is 2.43. The molecule has 0 aliphatic carbocycles. The molecule has 0 bridgehead atoms. The lowest BCUT2D eigenvalue weighted by atomic mass is 10.2.